The number of benzene rings is 1. The molecule has 1 aromatic heterocycles. The van der Waals surface area contributed by atoms with E-state index >= 15 is 0 Å². The smallest absolute Gasteiger partial charge is 0.270 e. The molecule has 0 unspecified atom stereocenters. The Balaban J connectivity index is 1.82. The molecule has 19 heavy (non-hydrogen) atoms. The Bertz CT molecular complexity index is 603. The quantitative estimate of drug-likeness (QED) is 0.894. The highest BCUT2D eigenvalue weighted by Gasteiger charge is 2.22. The molecule has 1 N–H and O–H groups in total. The standard InChI is InChI=1S/C15H17N3O/c1-18-14(9-10-16-18)15(19)17-13-8-4-6-11-5-2-3-7-12(11)13/h2-3,5,7,9-10,13H,4,6,8H2,1H3,(H,17,19)/t13-/m0/s1. The largest absolute Gasteiger partial charge is 0.344 e. The Kier molecular flexibility index (Phi) is 3.07. The zero-order chi connectivity index (χ0) is 13.2. The molecular formula is C15H17N3O. The van der Waals surface area contributed by atoms with Gasteiger partial charge in [0.25, 0.3) is 5.91 Å². The maximum absolute atomic E-state index is 12.2. The van der Waals surface area contributed by atoms with E-state index in [1.165, 1.54) is 11.1 Å². The SMILES string of the molecule is Cn1nccc1C(=O)N[C@H]1CCCc2ccccc21. The van der Waals surface area contributed by atoms with Crippen molar-refractivity contribution in [3.8, 4) is 0 Å². The van der Waals surface area contributed by atoms with E-state index in [9.17, 15) is 4.79 Å². The topological polar surface area (TPSA) is 46.9 Å². The third-order valence-electron chi connectivity index (χ3n) is 3.73. The first kappa shape index (κ1) is 12.0. The number of hydrogen-bond acceptors (Lipinski definition) is 2. The molecule has 0 aliphatic heterocycles. The summed E-state index contributed by atoms with van der Waals surface area (Å²) in [7, 11) is 1.78. The van der Waals surface area contributed by atoms with Crippen molar-refractivity contribution in [3.05, 3.63) is 53.3 Å². The van der Waals surface area contributed by atoms with Crippen LogP contribution in [0.2, 0.25) is 0 Å². The first-order chi connectivity index (χ1) is 9.25. The molecule has 1 aromatic carbocycles. The fraction of sp³-hybridized carbons (Fsp3) is 0.333. The highest BCUT2D eigenvalue weighted by Crippen LogP contribution is 2.29. The molecule has 1 aliphatic carbocycles. The maximum atomic E-state index is 12.2. The summed E-state index contributed by atoms with van der Waals surface area (Å²) in [6, 6.07) is 10.2. The Morgan fingerprint density at radius 3 is 3.00 bits per heavy atom. The number of fused-ring (bicyclic) bond motifs is 1. The van der Waals surface area contributed by atoms with E-state index in [-0.39, 0.29) is 11.9 Å². The molecule has 4 heteroatoms. The fourth-order valence-electron chi connectivity index (χ4n) is 2.73. The molecule has 0 fully saturated rings. The molecule has 98 valence electrons. The lowest BCUT2D eigenvalue weighted by molar-refractivity contribution is 0.0923. The Morgan fingerprint density at radius 2 is 2.21 bits per heavy atom. The molecule has 0 saturated carbocycles. The highest BCUT2D eigenvalue weighted by atomic mass is 16.2. The van der Waals surface area contributed by atoms with Crippen molar-refractivity contribution in [2.45, 2.75) is 25.3 Å². The average Bonchev–Trinajstić information content (AvgIpc) is 2.85. The number of rotatable bonds is 2. The zero-order valence-corrected chi connectivity index (χ0v) is 11.0. The lowest BCUT2D eigenvalue weighted by Gasteiger charge is -2.26. The predicted molar refractivity (Wildman–Crippen MR) is 72.8 cm³/mol. The van der Waals surface area contributed by atoms with Crippen molar-refractivity contribution in [2.24, 2.45) is 7.05 Å². The minimum atomic E-state index is -0.0540. The zero-order valence-electron chi connectivity index (χ0n) is 11.0. The van der Waals surface area contributed by atoms with E-state index in [0.29, 0.717) is 5.69 Å². The summed E-state index contributed by atoms with van der Waals surface area (Å²) in [6.45, 7) is 0. The minimum Gasteiger partial charge on any atom is -0.344 e. The normalized spacial score (nSPS) is 17.8. The lowest BCUT2D eigenvalue weighted by atomic mass is 9.88. The van der Waals surface area contributed by atoms with Crippen LogP contribution in [-0.4, -0.2) is 15.7 Å². The van der Waals surface area contributed by atoms with Crippen LogP contribution in [-0.2, 0) is 13.5 Å². The average molecular weight is 255 g/mol. The Morgan fingerprint density at radius 1 is 1.37 bits per heavy atom. The molecule has 0 radical (unpaired) electrons. The maximum Gasteiger partial charge on any atom is 0.270 e. The van der Waals surface area contributed by atoms with E-state index in [4.69, 9.17) is 0 Å². The third-order valence-corrected chi connectivity index (χ3v) is 3.73. The molecule has 1 heterocycles. The molecule has 4 nitrogen and oxygen atoms in total. The summed E-state index contributed by atoms with van der Waals surface area (Å²) in [5.41, 5.74) is 3.20. The van der Waals surface area contributed by atoms with Gasteiger partial charge in [0.05, 0.1) is 6.04 Å². The van der Waals surface area contributed by atoms with Crippen molar-refractivity contribution in [1.82, 2.24) is 15.1 Å². The molecule has 0 spiro atoms. The van der Waals surface area contributed by atoms with E-state index in [1.807, 2.05) is 6.07 Å². The third kappa shape index (κ3) is 2.26. The van der Waals surface area contributed by atoms with Crippen LogP contribution in [0.3, 0.4) is 0 Å². The molecule has 0 saturated heterocycles. The predicted octanol–water partition coefficient (Wildman–Crippen LogP) is 2.23. The fourth-order valence-corrected chi connectivity index (χ4v) is 2.73. The van der Waals surface area contributed by atoms with Crippen LogP contribution in [0.15, 0.2) is 36.5 Å². The van der Waals surface area contributed by atoms with E-state index in [1.54, 1.807) is 24.0 Å². The Labute approximate surface area is 112 Å². The van der Waals surface area contributed by atoms with Crippen molar-refractivity contribution >= 4 is 5.91 Å². The second kappa shape index (κ2) is 4.88. The number of carbonyl (C=O) groups excluding carboxylic acids is 1. The molecular weight excluding hydrogens is 238 g/mol. The first-order valence-electron chi connectivity index (χ1n) is 6.62. The van der Waals surface area contributed by atoms with Crippen LogP contribution in [0.25, 0.3) is 0 Å². The summed E-state index contributed by atoms with van der Waals surface area (Å²) in [5.74, 6) is -0.0540. The summed E-state index contributed by atoms with van der Waals surface area (Å²) in [4.78, 5) is 12.2. The van der Waals surface area contributed by atoms with E-state index in [2.05, 4.69) is 28.6 Å². The molecule has 0 bridgehead atoms. The van der Waals surface area contributed by atoms with Crippen LogP contribution in [0.5, 0.6) is 0 Å². The van der Waals surface area contributed by atoms with Crippen LogP contribution in [0.4, 0.5) is 0 Å². The summed E-state index contributed by atoms with van der Waals surface area (Å²) >= 11 is 0. The van der Waals surface area contributed by atoms with Gasteiger partial charge in [-0.3, -0.25) is 9.48 Å². The van der Waals surface area contributed by atoms with Crippen molar-refractivity contribution in [2.75, 3.05) is 0 Å². The number of carbonyl (C=O) groups is 1. The van der Waals surface area contributed by atoms with Gasteiger partial charge in [-0.05, 0) is 36.5 Å². The number of hydrogen-bond donors (Lipinski definition) is 1. The van der Waals surface area contributed by atoms with E-state index < -0.39 is 0 Å². The molecule has 1 amide bonds. The van der Waals surface area contributed by atoms with Gasteiger partial charge in [-0.1, -0.05) is 24.3 Å². The molecule has 1 aliphatic rings. The summed E-state index contributed by atoms with van der Waals surface area (Å²) in [6.07, 6.45) is 4.87. The van der Waals surface area contributed by atoms with Gasteiger partial charge in [-0.2, -0.15) is 5.10 Å². The van der Waals surface area contributed by atoms with Crippen LogP contribution >= 0.6 is 0 Å². The van der Waals surface area contributed by atoms with Crippen molar-refractivity contribution in [1.29, 1.82) is 0 Å². The Hall–Kier alpha value is -2.10. The van der Waals surface area contributed by atoms with Gasteiger partial charge < -0.3 is 5.32 Å². The lowest BCUT2D eigenvalue weighted by Crippen LogP contribution is -2.32. The van der Waals surface area contributed by atoms with Gasteiger partial charge in [-0.25, -0.2) is 0 Å². The summed E-state index contributed by atoms with van der Waals surface area (Å²) < 4.78 is 1.60. The number of nitrogens with zero attached hydrogens (tertiary/aromatic N) is 2. The number of amides is 1. The van der Waals surface area contributed by atoms with Gasteiger partial charge in [0.1, 0.15) is 5.69 Å². The van der Waals surface area contributed by atoms with Crippen LogP contribution in [0.1, 0.15) is 40.5 Å². The van der Waals surface area contributed by atoms with Gasteiger partial charge in [0.2, 0.25) is 0 Å². The second-order valence-corrected chi connectivity index (χ2v) is 4.96. The molecule has 3 rings (SSSR count). The minimum absolute atomic E-state index is 0.0540. The molecule has 1 atom stereocenters. The molecule has 2 aromatic rings. The number of nitrogens with one attached hydrogen (secondary N) is 1. The summed E-state index contributed by atoms with van der Waals surface area (Å²) in [5, 5.41) is 7.15. The van der Waals surface area contributed by atoms with Gasteiger partial charge in [-0.15, -0.1) is 0 Å². The van der Waals surface area contributed by atoms with Gasteiger partial charge >= 0.3 is 0 Å². The number of aromatic nitrogens is 2. The van der Waals surface area contributed by atoms with Gasteiger partial charge in [0, 0.05) is 13.2 Å². The van der Waals surface area contributed by atoms with Crippen molar-refractivity contribution < 1.29 is 4.79 Å². The van der Waals surface area contributed by atoms with E-state index in [0.717, 1.165) is 19.3 Å². The van der Waals surface area contributed by atoms with Crippen LogP contribution < -0.4 is 5.32 Å². The highest BCUT2D eigenvalue weighted by molar-refractivity contribution is 5.92. The van der Waals surface area contributed by atoms with Crippen LogP contribution in [0, 0.1) is 0 Å². The second-order valence-electron chi connectivity index (χ2n) is 4.96. The van der Waals surface area contributed by atoms with Crippen molar-refractivity contribution in [3.63, 3.8) is 0 Å². The monoisotopic (exact) mass is 255 g/mol. The number of aryl methyl sites for hydroxylation is 2. The first-order valence-corrected chi connectivity index (χ1v) is 6.62. The van der Waals surface area contributed by atoms with Gasteiger partial charge in [0.15, 0.2) is 0 Å².